The molecule has 2 aliphatic heterocycles. The van der Waals surface area contributed by atoms with Crippen LogP contribution >= 0.6 is 7.82 Å². The molecule has 0 saturated carbocycles. The second-order valence-electron chi connectivity index (χ2n) is 4.58. The number of imide groups is 1. The van der Waals surface area contributed by atoms with Crippen LogP contribution in [0, 0.1) is 0 Å². The van der Waals surface area contributed by atoms with Gasteiger partial charge < -0.3 is 19.6 Å². The van der Waals surface area contributed by atoms with Crippen LogP contribution in [0.4, 0.5) is 9.18 Å². The fourth-order valence-electron chi connectivity index (χ4n) is 2.08. The van der Waals surface area contributed by atoms with E-state index in [1.165, 1.54) is 0 Å². The number of ether oxygens (including phenoxy) is 1. The number of carbonyl (C=O) groups is 2. The molecule has 2 fully saturated rings. The van der Waals surface area contributed by atoms with Gasteiger partial charge >= 0.3 is 13.9 Å². The van der Waals surface area contributed by atoms with Crippen LogP contribution < -0.4 is 5.32 Å². The minimum Gasteiger partial charge on any atom is -0.387 e. The van der Waals surface area contributed by atoms with Crippen LogP contribution in [0.25, 0.3) is 0 Å². The Morgan fingerprint density at radius 1 is 1.48 bits per heavy atom. The predicted octanol–water partition coefficient (Wildman–Crippen LogP) is -1.54. The van der Waals surface area contributed by atoms with Crippen LogP contribution in [-0.2, 0) is 18.6 Å². The maximum absolute atomic E-state index is 14.0. The highest BCUT2D eigenvalue weighted by Crippen LogP contribution is 2.37. The lowest BCUT2D eigenvalue weighted by Crippen LogP contribution is -2.55. The maximum Gasteiger partial charge on any atom is 0.469 e. The number of hydrogen-bond acceptors (Lipinski definition) is 6. The van der Waals surface area contributed by atoms with Gasteiger partial charge in [0.25, 0.3) is 0 Å². The van der Waals surface area contributed by atoms with E-state index in [0.29, 0.717) is 0 Å². The molecular formula is C9H14FN2O8P. The summed E-state index contributed by atoms with van der Waals surface area (Å²) in [5.74, 6) is -0.508. The third-order valence-corrected chi connectivity index (χ3v) is 3.58. The van der Waals surface area contributed by atoms with Crippen LogP contribution in [0.3, 0.4) is 0 Å². The van der Waals surface area contributed by atoms with Gasteiger partial charge in [0, 0.05) is 13.0 Å². The largest absolute Gasteiger partial charge is 0.469 e. The molecule has 0 unspecified atom stereocenters. The number of hydrogen-bond donors (Lipinski definition) is 4. The van der Waals surface area contributed by atoms with Crippen molar-refractivity contribution >= 4 is 19.8 Å². The Bertz CT molecular complexity index is 484. The molecule has 0 radical (unpaired) electrons. The normalized spacial score (nSPS) is 34.2. The number of alkyl halides is 1. The summed E-state index contributed by atoms with van der Waals surface area (Å²) in [6.07, 6.45) is -6.55. The van der Waals surface area contributed by atoms with Gasteiger partial charge in [0.1, 0.15) is 12.2 Å². The molecule has 0 aliphatic carbocycles. The monoisotopic (exact) mass is 328 g/mol. The Balaban J connectivity index is 2.01. The van der Waals surface area contributed by atoms with Crippen LogP contribution in [-0.4, -0.2) is 69.5 Å². The van der Waals surface area contributed by atoms with Gasteiger partial charge in [-0.15, -0.1) is 0 Å². The summed E-state index contributed by atoms with van der Waals surface area (Å²) in [5.41, 5.74) is 0. The lowest BCUT2D eigenvalue weighted by atomic mass is 10.1. The minimum atomic E-state index is -4.79. The molecule has 10 nitrogen and oxygen atoms in total. The van der Waals surface area contributed by atoms with Gasteiger partial charge in [0.15, 0.2) is 12.4 Å². The molecule has 120 valence electrons. The van der Waals surface area contributed by atoms with E-state index < -0.39 is 51.0 Å². The lowest BCUT2D eigenvalue weighted by molar-refractivity contribution is -0.124. The van der Waals surface area contributed by atoms with E-state index in [-0.39, 0.29) is 13.0 Å². The Kier molecular flexibility index (Phi) is 4.61. The van der Waals surface area contributed by atoms with Crippen molar-refractivity contribution in [1.82, 2.24) is 10.2 Å². The number of phosphoric acid groups is 1. The molecule has 0 aromatic rings. The van der Waals surface area contributed by atoms with E-state index in [1.54, 1.807) is 0 Å². The number of aliphatic hydroxyl groups excluding tert-OH is 1. The van der Waals surface area contributed by atoms with Crippen LogP contribution in [0.1, 0.15) is 6.42 Å². The summed E-state index contributed by atoms with van der Waals surface area (Å²) >= 11 is 0. The maximum atomic E-state index is 14.0. The third kappa shape index (κ3) is 3.76. The molecule has 3 amide bonds. The first kappa shape index (κ1) is 16.3. The lowest BCUT2D eigenvalue weighted by Gasteiger charge is -2.32. The van der Waals surface area contributed by atoms with E-state index in [9.17, 15) is 23.7 Å². The molecule has 4 atom stereocenters. The molecule has 2 rings (SSSR count). The molecule has 0 aromatic carbocycles. The van der Waals surface area contributed by atoms with Crippen molar-refractivity contribution in [1.29, 1.82) is 0 Å². The first-order valence-corrected chi connectivity index (χ1v) is 7.50. The van der Waals surface area contributed by atoms with Crippen LogP contribution in [0.2, 0.25) is 0 Å². The van der Waals surface area contributed by atoms with Gasteiger partial charge in [0.2, 0.25) is 5.91 Å². The Morgan fingerprint density at radius 3 is 2.71 bits per heavy atom. The number of carbonyl (C=O) groups excluding carboxylic acids is 2. The van der Waals surface area contributed by atoms with Gasteiger partial charge in [-0.05, 0) is 0 Å². The summed E-state index contributed by atoms with van der Waals surface area (Å²) in [6, 6.07) is -0.859. The fourth-order valence-corrected chi connectivity index (χ4v) is 2.42. The smallest absolute Gasteiger partial charge is 0.387 e. The molecule has 21 heavy (non-hydrogen) atoms. The highest BCUT2D eigenvalue weighted by atomic mass is 31.2. The average molecular weight is 328 g/mol. The number of rotatable bonds is 4. The van der Waals surface area contributed by atoms with Crippen molar-refractivity contribution in [2.24, 2.45) is 0 Å². The third-order valence-electron chi connectivity index (χ3n) is 3.09. The zero-order chi connectivity index (χ0) is 15.8. The average Bonchev–Trinajstić information content (AvgIpc) is 2.64. The zero-order valence-electron chi connectivity index (χ0n) is 10.6. The van der Waals surface area contributed by atoms with Crippen molar-refractivity contribution in [3.8, 4) is 0 Å². The van der Waals surface area contributed by atoms with Crippen molar-refractivity contribution in [2.75, 3.05) is 13.2 Å². The summed E-state index contributed by atoms with van der Waals surface area (Å²) in [7, 11) is -4.79. The Labute approximate surface area is 118 Å². The molecule has 2 aliphatic rings. The second kappa shape index (κ2) is 5.95. The number of amides is 3. The number of nitrogens with zero attached hydrogens (tertiary/aromatic N) is 1. The predicted molar refractivity (Wildman–Crippen MR) is 62.4 cm³/mol. The molecular weight excluding hydrogens is 314 g/mol. The molecule has 2 saturated heterocycles. The molecule has 12 heteroatoms. The summed E-state index contributed by atoms with van der Waals surface area (Å²) in [5, 5.41) is 11.6. The van der Waals surface area contributed by atoms with E-state index in [0.717, 1.165) is 4.90 Å². The molecule has 2 heterocycles. The SMILES string of the molecule is O=C1CCN([C@@H]2O[C@H](COP(=O)(O)O)[C@@H](O)[C@H]2F)C(=O)N1. The van der Waals surface area contributed by atoms with Gasteiger partial charge in [-0.3, -0.25) is 19.5 Å². The van der Waals surface area contributed by atoms with Crippen molar-refractivity contribution < 1.29 is 42.7 Å². The number of halogens is 1. The highest BCUT2D eigenvalue weighted by molar-refractivity contribution is 7.46. The summed E-state index contributed by atoms with van der Waals surface area (Å²) in [6.45, 7) is -0.828. The number of urea groups is 1. The molecule has 0 aromatic heterocycles. The second-order valence-corrected chi connectivity index (χ2v) is 5.82. The Hall–Kier alpha value is -1.10. The van der Waals surface area contributed by atoms with E-state index in [2.05, 4.69) is 4.52 Å². The van der Waals surface area contributed by atoms with Crippen molar-refractivity contribution in [2.45, 2.75) is 31.0 Å². The zero-order valence-corrected chi connectivity index (χ0v) is 11.5. The number of phosphoric ester groups is 1. The summed E-state index contributed by atoms with van der Waals surface area (Å²) in [4.78, 5) is 40.6. The van der Waals surface area contributed by atoms with Gasteiger partial charge in [0.05, 0.1) is 6.61 Å². The number of nitrogens with one attached hydrogen (secondary N) is 1. The highest BCUT2D eigenvalue weighted by Gasteiger charge is 2.49. The first-order chi connectivity index (χ1) is 9.69. The fraction of sp³-hybridized carbons (Fsp3) is 0.778. The van der Waals surface area contributed by atoms with E-state index in [1.807, 2.05) is 5.32 Å². The van der Waals surface area contributed by atoms with Crippen molar-refractivity contribution in [3.63, 3.8) is 0 Å². The van der Waals surface area contributed by atoms with E-state index in [4.69, 9.17) is 14.5 Å². The van der Waals surface area contributed by atoms with E-state index >= 15 is 0 Å². The summed E-state index contributed by atoms with van der Waals surface area (Å²) < 4.78 is 33.8. The topological polar surface area (TPSA) is 146 Å². The minimum absolute atomic E-state index is 0.0436. The van der Waals surface area contributed by atoms with Crippen molar-refractivity contribution in [3.05, 3.63) is 0 Å². The Morgan fingerprint density at radius 2 is 2.14 bits per heavy atom. The van der Waals surface area contributed by atoms with Gasteiger partial charge in [-0.25, -0.2) is 13.8 Å². The molecule has 4 N–H and O–H groups in total. The number of aliphatic hydroxyl groups is 1. The first-order valence-electron chi connectivity index (χ1n) is 5.97. The van der Waals surface area contributed by atoms with Crippen LogP contribution in [0.15, 0.2) is 0 Å². The molecule has 0 spiro atoms. The molecule has 0 bridgehead atoms. The van der Waals surface area contributed by atoms with Gasteiger partial charge in [-0.2, -0.15) is 0 Å². The standard InChI is InChI=1S/C9H14FN2O8P/c10-6-7(14)4(3-19-21(16,17)18)20-8(6)12-2-1-5(13)11-9(12)15/h4,6-8,14H,1-3H2,(H,11,13,15)(H2,16,17,18)/t4-,6-,7-,8-/m1/s1. The van der Waals surface area contributed by atoms with Gasteiger partial charge in [-0.1, -0.05) is 0 Å². The van der Waals surface area contributed by atoms with Crippen LogP contribution in [0.5, 0.6) is 0 Å². The quantitative estimate of drug-likeness (QED) is 0.454.